The predicted octanol–water partition coefficient (Wildman–Crippen LogP) is -0.0750. The van der Waals surface area contributed by atoms with Crippen molar-refractivity contribution in [2.45, 2.75) is 32.4 Å². The number of carbonyl (C=O) groups excluding carboxylic acids is 1. The van der Waals surface area contributed by atoms with Gasteiger partial charge in [-0.2, -0.15) is 0 Å². The average Bonchev–Trinajstić information content (AvgIpc) is 2.09. The van der Waals surface area contributed by atoms with Gasteiger partial charge in [-0.25, -0.2) is 0 Å². The third-order valence-corrected chi connectivity index (χ3v) is 1.54. The van der Waals surface area contributed by atoms with Crippen LogP contribution in [0.5, 0.6) is 0 Å². The molecule has 1 unspecified atom stereocenters. The molecule has 0 aromatic carbocycles. The topological polar surface area (TPSA) is 67.8 Å². The highest BCUT2D eigenvalue weighted by molar-refractivity contribution is 5.72. The Hall–Kier alpha value is -0.650. The Labute approximate surface area is 90.8 Å². The fourth-order valence-corrected chi connectivity index (χ4v) is 0.983. The van der Waals surface area contributed by atoms with E-state index < -0.39 is 5.60 Å². The molecular formula is C10H21NO4. The number of carbonyl (C=O) groups is 1. The van der Waals surface area contributed by atoms with Crippen LogP contribution in [0.15, 0.2) is 0 Å². The number of ether oxygens (including phenoxy) is 2. The van der Waals surface area contributed by atoms with Crippen molar-refractivity contribution in [2.75, 3.05) is 26.9 Å². The van der Waals surface area contributed by atoms with Gasteiger partial charge in [-0.3, -0.25) is 10.1 Å². The normalized spacial score (nSPS) is 13.7. The molecule has 1 atom stereocenters. The Balaban J connectivity index is 3.78. The van der Waals surface area contributed by atoms with Gasteiger partial charge in [0.15, 0.2) is 0 Å². The molecule has 0 heterocycles. The molecule has 0 aromatic rings. The van der Waals surface area contributed by atoms with Crippen molar-refractivity contribution in [1.29, 1.82) is 0 Å². The summed E-state index contributed by atoms with van der Waals surface area (Å²) in [6, 6.07) is -0.234. The lowest BCUT2D eigenvalue weighted by molar-refractivity contribution is -0.153. The van der Waals surface area contributed by atoms with Gasteiger partial charge < -0.3 is 14.6 Å². The maximum absolute atomic E-state index is 11.3. The van der Waals surface area contributed by atoms with E-state index in [-0.39, 0.29) is 25.2 Å². The molecule has 0 aliphatic heterocycles. The molecule has 0 spiro atoms. The second-order valence-electron chi connectivity index (χ2n) is 4.30. The summed E-state index contributed by atoms with van der Waals surface area (Å²) in [5.41, 5.74) is -0.477. The van der Waals surface area contributed by atoms with E-state index in [1.54, 1.807) is 0 Å². The van der Waals surface area contributed by atoms with Crippen molar-refractivity contribution in [1.82, 2.24) is 5.32 Å². The maximum atomic E-state index is 11.3. The zero-order chi connectivity index (χ0) is 11.9. The fraction of sp³-hybridized carbons (Fsp3) is 0.900. The van der Waals surface area contributed by atoms with Crippen molar-refractivity contribution in [2.24, 2.45) is 0 Å². The third-order valence-electron chi connectivity index (χ3n) is 1.54. The van der Waals surface area contributed by atoms with Crippen LogP contribution in [0.2, 0.25) is 0 Å². The van der Waals surface area contributed by atoms with Gasteiger partial charge in [-0.15, -0.1) is 0 Å². The van der Waals surface area contributed by atoms with E-state index in [0.717, 1.165) is 0 Å². The van der Waals surface area contributed by atoms with E-state index in [1.165, 1.54) is 7.11 Å². The summed E-state index contributed by atoms with van der Waals surface area (Å²) in [4.78, 5) is 11.3. The first kappa shape index (κ1) is 14.3. The Morgan fingerprint density at radius 2 is 2.07 bits per heavy atom. The summed E-state index contributed by atoms with van der Waals surface area (Å²) in [5, 5.41) is 11.8. The Morgan fingerprint density at radius 1 is 1.47 bits per heavy atom. The van der Waals surface area contributed by atoms with Gasteiger partial charge in [-0.05, 0) is 20.8 Å². The number of aliphatic hydroxyl groups is 1. The largest absolute Gasteiger partial charge is 0.459 e. The number of aliphatic hydroxyl groups excluding tert-OH is 1. The molecule has 0 bridgehead atoms. The van der Waals surface area contributed by atoms with Crippen LogP contribution in [0.1, 0.15) is 20.8 Å². The third kappa shape index (κ3) is 8.35. The molecule has 15 heavy (non-hydrogen) atoms. The standard InChI is InChI=1S/C10H21NO4/c1-10(2,3)15-9(13)5-11-8(6-12)7-14-4/h8,11-12H,5-7H2,1-4H3. The molecule has 0 amide bonds. The highest BCUT2D eigenvalue weighted by Gasteiger charge is 2.17. The van der Waals surface area contributed by atoms with Crippen LogP contribution in [0.25, 0.3) is 0 Å². The van der Waals surface area contributed by atoms with Gasteiger partial charge in [-0.1, -0.05) is 0 Å². The molecule has 0 fully saturated rings. The zero-order valence-corrected chi connectivity index (χ0v) is 9.87. The molecule has 0 aliphatic rings. The Morgan fingerprint density at radius 3 is 2.47 bits per heavy atom. The lowest BCUT2D eigenvalue weighted by atomic mass is 10.2. The first-order chi connectivity index (χ1) is 6.89. The maximum Gasteiger partial charge on any atom is 0.320 e. The van der Waals surface area contributed by atoms with Gasteiger partial charge >= 0.3 is 5.97 Å². The smallest absolute Gasteiger partial charge is 0.320 e. The molecule has 0 radical (unpaired) electrons. The number of rotatable bonds is 6. The first-order valence-electron chi connectivity index (χ1n) is 4.94. The molecular weight excluding hydrogens is 198 g/mol. The van der Waals surface area contributed by atoms with Gasteiger partial charge in [0.2, 0.25) is 0 Å². The quantitative estimate of drug-likeness (QED) is 0.612. The van der Waals surface area contributed by atoms with E-state index in [0.29, 0.717) is 6.61 Å². The minimum absolute atomic E-state index is 0.0728. The van der Waals surface area contributed by atoms with Gasteiger partial charge in [0.25, 0.3) is 0 Å². The minimum Gasteiger partial charge on any atom is -0.459 e. The fourth-order valence-electron chi connectivity index (χ4n) is 0.983. The number of hydrogen-bond donors (Lipinski definition) is 2. The van der Waals surface area contributed by atoms with Crippen LogP contribution in [-0.4, -0.2) is 49.6 Å². The summed E-state index contributed by atoms with van der Waals surface area (Å²) in [6.07, 6.45) is 0. The van der Waals surface area contributed by atoms with Crippen molar-refractivity contribution in [3.63, 3.8) is 0 Å². The molecule has 0 aliphatic carbocycles. The summed E-state index contributed by atoms with van der Waals surface area (Å²) < 4.78 is 9.94. The SMILES string of the molecule is COCC(CO)NCC(=O)OC(C)(C)C. The minimum atomic E-state index is -0.477. The lowest BCUT2D eigenvalue weighted by Gasteiger charge is -2.21. The van der Waals surface area contributed by atoms with Crippen LogP contribution in [0.4, 0.5) is 0 Å². The summed E-state index contributed by atoms with van der Waals surface area (Å²) >= 11 is 0. The van der Waals surface area contributed by atoms with Crippen LogP contribution < -0.4 is 5.32 Å². The van der Waals surface area contributed by atoms with E-state index in [9.17, 15) is 4.79 Å². The Kier molecular flexibility index (Phi) is 6.47. The molecule has 0 rings (SSSR count). The highest BCUT2D eigenvalue weighted by Crippen LogP contribution is 2.06. The van der Waals surface area contributed by atoms with Crippen LogP contribution in [0, 0.1) is 0 Å². The second-order valence-corrected chi connectivity index (χ2v) is 4.30. The van der Waals surface area contributed by atoms with Gasteiger partial charge in [0.1, 0.15) is 5.60 Å². The van der Waals surface area contributed by atoms with E-state index >= 15 is 0 Å². The molecule has 0 saturated carbocycles. The summed E-state index contributed by atoms with van der Waals surface area (Å²) in [7, 11) is 1.54. The zero-order valence-electron chi connectivity index (χ0n) is 9.87. The molecule has 2 N–H and O–H groups in total. The van der Waals surface area contributed by atoms with Gasteiger partial charge in [0, 0.05) is 7.11 Å². The first-order valence-corrected chi connectivity index (χ1v) is 4.94. The second kappa shape index (κ2) is 6.76. The number of esters is 1. The summed E-state index contributed by atoms with van der Waals surface area (Å²) in [5.74, 6) is -0.336. The van der Waals surface area contributed by atoms with Crippen molar-refractivity contribution < 1.29 is 19.4 Å². The van der Waals surface area contributed by atoms with Crippen LogP contribution in [-0.2, 0) is 14.3 Å². The highest BCUT2D eigenvalue weighted by atomic mass is 16.6. The predicted molar refractivity (Wildman–Crippen MR) is 56.6 cm³/mol. The monoisotopic (exact) mass is 219 g/mol. The van der Waals surface area contributed by atoms with E-state index in [1.807, 2.05) is 20.8 Å². The molecule has 0 saturated heterocycles. The average molecular weight is 219 g/mol. The number of hydrogen-bond acceptors (Lipinski definition) is 5. The lowest BCUT2D eigenvalue weighted by Crippen LogP contribution is -2.41. The molecule has 5 heteroatoms. The van der Waals surface area contributed by atoms with Crippen molar-refractivity contribution in [3.8, 4) is 0 Å². The van der Waals surface area contributed by atoms with Crippen LogP contribution in [0.3, 0.4) is 0 Å². The van der Waals surface area contributed by atoms with Gasteiger partial charge in [0.05, 0.1) is 25.8 Å². The molecule has 0 aromatic heterocycles. The Bertz CT molecular complexity index is 188. The van der Waals surface area contributed by atoms with Crippen molar-refractivity contribution in [3.05, 3.63) is 0 Å². The van der Waals surface area contributed by atoms with Crippen molar-refractivity contribution >= 4 is 5.97 Å². The van der Waals surface area contributed by atoms with E-state index in [2.05, 4.69) is 5.32 Å². The van der Waals surface area contributed by atoms with Crippen LogP contribution >= 0.6 is 0 Å². The molecule has 90 valence electrons. The molecule has 5 nitrogen and oxygen atoms in total. The number of methoxy groups -OCH3 is 1. The summed E-state index contributed by atoms with van der Waals surface area (Å²) in [6.45, 7) is 5.79. The van der Waals surface area contributed by atoms with E-state index in [4.69, 9.17) is 14.6 Å². The number of nitrogens with one attached hydrogen (secondary N) is 1.